The molecule has 3 rings (SSSR count). The summed E-state index contributed by atoms with van der Waals surface area (Å²) in [6.45, 7) is 16.9. The van der Waals surface area contributed by atoms with Gasteiger partial charge in [0.1, 0.15) is 6.61 Å². The zero-order valence-electron chi connectivity index (χ0n) is 24.3. The highest BCUT2D eigenvalue weighted by Crippen LogP contribution is 2.39. The van der Waals surface area contributed by atoms with Crippen LogP contribution in [-0.4, -0.2) is 37.6 Å². The largest absolute Gasteiger partial charge is 0.481 e. The minimum Gasteiger partial charge on any atom is -0.481 e. The van der Waals surface area contributed by atoms with Gasteiger partial charge in [0.05, 0.1) is 18.1 Å². The first-order valence-corrected chi connectivity index (χ1v) is 16.6. The van der Waals surface area contributed by atoms with Gasteiger partial charge in [-0.2, -0.15) is 0 Å². The molecule has 3 atom stereocenters. The van der Waals surface area contributed by atoms with Crippen molar-refractivity contribution < 1.29 is 23.9 Å². The van der Waals surface area contributed by atoms with Gasteiger partial charge in [-0.1, -0.05) is 84.0 Å². The van der Waals surface area contributed by atoms with Crippen molar-refractivity contribution >= 4 is 20.4 Å². The van der Waals surface area contributed by atoms with Crippen LogP contribution in [0.15, 0.2) is 42.5 Å². The minimum atomic E-state index is -2.23. The lowest BCUT2D eigenvalue weighted by atomic mass is 9.93. The molecule has 0 spiro atoms. The van der Waals surface area contributed by atoms with E-state index in [4.69, 9.17) is 9.16 Å². The monoisotopic (exact) mass is 539 g/mol. The number of hydrogen-bond donors (Lipinski definition) is 2. The van der Waals surface area contributed by atoms with Gasteiger partial charge in [0.25, 0.3) is 0 Å². The number of nitrogens with one attached hydrogen (secondary N) is 1. The van der Waals surface area contributed by atoms with Crippen molar-refractivity contribution in [3.05, 3.63) is 59.2 Å². The third-order valence-corrected chi connectivity index (χ3v) is 12.5. The van der Waals surface area contributed by atoms with Gasteiger partial charge in [0.15, 0.2) is 8.32 Å². The molecule has 2 aromatic rings. The Morgan fingerprint density at radius 2 is 1.66 bits per heavy atom. The van der Waals surface area contributed by atoms with Crippen LogP contribution in [0.4, 0.5) is 4.79 Å². The molecule has 6 nitrogen and oxygen atoms in total. The van der Waals surface area contributed by atoms with E-state index in [0.29, 0.717) is 12.8 Å². The maximum atomic E-state index is 13.1. The number of hydrogen-bond acceptors (Lipinski definition) is 4. The van der Waals surface area contributed by atoms with Gasteiger partial charge in [0, 0.05) is 0 Å². The van der Waals surface area contributed by atoms with Gasteiger partial charge in [0.2, 0.25) is 0 Å². The van der Waals surface area contributed by atoms with Crippen molar-refractivity contribution in [2.24, 2.45) is 11.8 Å². The Kier molecular flexibility index (Phi) is 9.47. The van der Waals surface area contributed by atoms with Crippen LogP contribution in [0.1, 0.15) is 71.1 Å². The minimum absolute atomic E-state index is 0.0497. The number of ether oxygens (including phenoxy) is 1. The summed E-state index contributed by atoms with van der Waals surface area (Å²) in [5.74, 6) is -1.17. The van der Waals surface area contributed by atoms with Crippen LogP contribution in [0.3, 0.4) is 0 Å². The Balaban J connectivity index is 1.76. The first-order valence-electron chi connectivity index (χ1n) is 13.7. The van der Waals surface area contributed by atoms with Gasteiger partial charge in [-0.05, 0) is 71.1 Å². The van der Waals surface area contributed by atoms with Crippen molar-refractivity contribution in [1.82, 2.24) is 5.32 Å². The highest BCUT2D eigenvalue weighted by Gasteiger charge is 2.42. The van der Waals surface area contributed by atoms with Crippen molar-refractivity contribution in [3.63, 3.8) is 0 Å². The summed E-state index contributed by atoms with van der Waals surface area (Å²) in [5.41, 5.74) is 5.93. The van der Waals surface area contributed by atoms with E-state index in [1.807, 2.05) is 18.2 Å². The molecule has 0 saturated carbocycles. The SMILES string of the molecule is CC(C)C[C@H](NC(=O)OCc1cccc2c1Cc1ccccc1-2)[C@H](C[C@@H](C)C(=O)O)O[Si](C)(C)C(C)(C)C. The highest BCUT2D eigenvalue weighted by molar-refractivity contribution is 6.74. The molecule has 0 aliphatic heterocycles. The zero-order chi connectivity index (χ0) is 28.3. The van der Waals surface area contributed by atoms with Crippen LogP contribution in [0.25, 0.3) is 11.1 Å². The second-order valence-electron chi connectivity index (χ2n) is 12.6. The fourth-order valence-corrected chi connectivity index (χ4v) is 6.18. The van der Waals surface area contributed by atoms with Gasteiger partial charge in [-0.15, -0.1) is 0 Å². The number of carbonyl (C=O) groups excluding carboxylic acids is 1. The van der Waals surface area contributed by atoms with E-state index >= 15 is 0 Å². The fourth-order valence-electron chi connectivity index (χ4n) is 4.81. The Bertz CT molecular complexity index is 1140. The van der Waals surface area contributed by atoms with Crippen molar-refractivity contribution in [2.45, 2.75) is 97.7 Å². The second-order valence-corrected chi connectivity index (χ2v) is 17.4. The summed E-state index contributed by atoms with van der Waals surface area (Å²) >= 11 is 0. The Labute approximate surface area is 229 Å². The van der Waals surface area contributed by atoms with E-state index in [9.17, 15) is 14.7 Å². The lowest BCUT2D eigenvalue weighted by Gasteiger charge is -2.42. The van der Waals surface area contributed by atoms with Gasteiger partial charge >= 0.3 is 12.1 Å². The Morgan fingerprint density at radius 1 is 1.00 bits per heavy atom. The maximum Gasteiger partial charge on any atom is 0.407 e. The second kappa shape index (κ2) is 12.0. The first-order chi connectivity index (χ1) is 17.7. The normalized spacial score (nSPS) is 15.4. The number of carboxylic acid groups (broad SMARTS) is 1. The average Bonchev–Trinajstić information content (AvgIpc) is 3.20. The lowest BCUT2D eigenvalue weighted by molar-refractivity contribution is -0.142. The van der Waals surface area contributed by atoms with E-state index < -0.39 is 32.4 Å². The van der Waals surface area contributed by atoms with Crippen molar-refractivity contribution in [3.8, 4) is 11.1 Å². The molecule has 2 N–H and O–H groups in total. The van der Waals surface area contributed by atoms with E-state index in [-0.39, 0.29) is 23.6 Å². The van der Waals surface area contributed by atoms with Crippen LogP contribution in [0, 0.1) is 11.8 Å². The van der Waals surface area contributed by atoms with Crippen LogP contribution in [0.2, 0.25) is 18.1 Å². The predicted molar refractivity (Wildman–Crippen MR) is 155 cm³/mol. The molecule has 2 aromatic carbocycles. The summed E-state index contributed by atoms with van der Waals surface area (Å²) in [5, 5.41) is 12.6. The summed E-state index contributed by atoms with van der Waals surface area (Å²) < 4.78 is 12.5. The molecular formula is C31H45NO5Si. The Morgan fingerprint density at radius 3 is 2.29 bits per heavy atom. The number of fused-ring (bicyclic) bond motifs is 3. The molecule has 0 heterocycles. The van der Waals surface area contributed by atoms with Crippen LogP contribution in [0.5, 0.6) is 0 Å². The van der Waals surface area contributed by atoms with Crippen LogP contribution >= 0.6 is 0 Å². The maximum absolute atomic E-state index is 13.1. The molecule has 0 radical (unpaired) electrons. The number of carbonyl (C=O) groups is 2. The number of alkyl carbamates (subject to hydrolysis) is 1. The van der Waals surface area contributed by atoms with Crippen LogP contribution in [-0.2, 0) is 27.0 Å². The molecule has 1 aliphatic carbocycles. The zero-order valence-corrected chi connectivity index (χ0v) is 25.3. The fraction of sp³-hybridized carbons (Fsp3) is 0.548. The molecule has 0 unspecified atom stereocenters. The molecule has 0 aromatic heterocycles. The average molecular weight is 540 g/mol. The molecule has 38 heavy (non-hydrogen) atoms. The predicted octanol–water partition coefficient (Wildman–Crippen LogP) is 7.40. The molecule has 0 bridgehead atoms. The van der Waals surface area contributed by atoms with Crippen molar-refractivity contribution in [2.75, 3.05) is 0 Å². The van der Waals surface area contributed by atoms with E-state index in [2.05, 4.69) is 77.3 Å². The van der Waals surface area contributed by atoms with Crippen LogP contribution < -0.4 is 5.32 Å². The van der Waals surface area contributed by atoms with Gasteiger partial charge in [-0.3, -0.25) is 4.79 Å². The third-order valence-electron chi connectivity index (χ3n) is 8.04. The molecule has 208 valence electrons. The number of carboxylic acids is 1. The first kappa shape index (κ1) is 29.9. The summed E-state index contributed by atoms with van der Waals surface area (Å²) in [4.78, 5) is 24.9. The van der Waals surface area contributed by atoms with Gasteiger partial charge in [-0.25, -0.2) is 4.79 Å². The Hall–Kier alpha value is -2.64. The summed E-state index contributed by atoms with van der Waals surface area (Å²) in [6.07, 6.45) is 0.891. The highest BCUT2D eigenvalue weighted by atomic mass is 28.4. The van der Waals surface area contributed by atoms with E-state index in [1.165, 1.54) is 22.3 Å². The van der Waals surface area contributed by atoms with Gasteiger partial charge < -0.3 is 19.6 Å². The molecule has 0 fully saturated rings. The van der Waals surface area contributed by atoms with E-state index in [1.54, 1.807) is 6.92 Å². The van der Waals surface area contributed by atoms with Crippen molar-refractivity contribution in [1.29, 1.82) is 0 Å². The van der Waals surface area contributed by atoms with E-state index in [0.717, 1.165) is 12.0 Å². The number of amides is 1. The number of aliphatic carboxylic acids is 1. The standard InChI is InChI=1S/C31H45NO5Si/c1-20(2)16-27(28(17-21(3)29(33)34)37-38(7,8)31(4,5)6)32-30(35)36-19-23-13-11-15-25-24-14-10-9-12-22(24)18-26(23)25/h9-15,20-21,27-28H,16-19H2,1-8H3,(H,32,35)(H,33,34)/t21-,27+,28+/m1/s1. The molecule has 1 aliphatic rings. The molecule has 7 heteroatoms. The summed E-state index contributed by atoms with van der Waals surface area (Å²) in [7, 11) is -2.23. The topological polar surface area (TPSA) is 84.9 Å². The molecule has 0 saturated heterocycles. The number of benzene rings is 2. The molecule has 1 amide bonds. The quantitative estimate of drug-likeness (QED) is 0.248. The third kappa shape index (κ3) is 7.26. The lowest BCUT2D eigenvalue weighted by Crippen LogP contribution is -2.53. The smallest absolute Gasteiger partial charge is 0.407 e. The number of rotatable bonds is 11. The molecular weight excluding hydrogens is 494 g/mol. The summed E-state index contributed by atoms with van der Waals surface area (Å²) in [6, 6.07) is 14.2.